The molecular formula is C23H27F2N5O2. The van der Waals surface area contributed by atoms with Crippen molar-refractivity contribution in [2.45, 2.75) is 64.2 Å². The number of aliphatic hydroxyl groups is 1. The molecule has 3 aromatic rings. The number of hydrogen-bond donors (Lipinski definition) is 2. The Morgan fingerprint density at radius 1 is 1.28 bits per heavy atom. The van der Waals surface area contributed by atoms with Gasteiger partial charge in [-0.25, -0.2) is 23.4 Å². The smallest absolute Gasteiger partial charge is 0.248 e. The number of hydrogen-bond acceptors (Lipinski definition) is 6. The average molecular weight is 443 g/mol. The van der Waals surface area contributed by atoms with E-state index in [1.807, 2.05) is 31.3 Å². The number of aryl methyl sites for hydroxylation is 1. The van der Waals surface area contributed by atoms with E-state index < -0.39 is 12.0 Å². The highest BCUT2D eigenvalue weighted by atomic mass is 19.3. The zero-order valence-electron chi connectivity index (χ0n) is 18.1. The summed E-state index contributed by atoms with van der Waals surface area (Å²) in [5, 5.41) is 17.7. The van der Waals surface area contributed by atoms with Gasteiger partial charge in [-0.2, -0.15) is 5.10 Å². The molecule has 1 unspecified atom stereocenters. The van der Waals surface area contributed by atoms with Gasteiger partial charge in [0.15, 0.2) is 5.82 Å². The van der Waals surface area contributed by atoms with Crippen molar-refractivity contribution in [1.82, 2.24) is 19.7 Å². The molecule has 3 aromatic heterocycles. The summed E-state index contributed by atoms with van der Waals surface area (Å²) in [7, 11) is 0. The zero-order valence-corrected chi connectivity index (χ0v) is 18.1. The Morgan fingerprint density at radius 3 is 2.75 bits per heavy atom. The standard InChI is InChI=1S/C23H27F2N5O2/c1-15-7-11-30(29-15)21-13-17(14-32-22-19(16(2)31)4-3-10-26-22)12-20(28-21)27-18-5-8-23(24,25)9-6-18/h3-4,7,10-13,16,18,31H,5-6,8-9,14H2,1-2H3,(H,27,28). The molecular weight excluding hydrogens is 416 g/mol. The highest BCUT2D eigenvalue weighted by molar-refractivity contribution is 5.45. The van der Waals surface area contributed by atoms with Crippen molar-refractivity contribution < 1.29 is 18.6 Å². The second kappa shape index (κ2) is 9.20. The van der Waals surface area contributed by atoms with Gasteiger partial charge in [-0.15, -0.1) is 0 Å². The van der Waals surface area contributed by atoms with Crippen LogP contribution in [0.1, 0.15) is 55.5 Å². The van der Waals surface area contributed by atoms with Crippen LogP contribution in [0.2, 0.25) is 0 Å². The number of ether oxygens (including phenoxy) is 1. The van der Waals surface area contributed by atoms with Crippen LogP contribution in [0, 0.1) is 6.92 Å². The molecule has 1 aliphatic carbocycles. The molecule has 0 amide bonds. The fourth-order valence-electron chi connectivity index (χ4n) is 3.78. The van der Waals surface area contributed by atoms with Crippen molar-refractivity contribution in [1.29, 1.82) is 0 Å². The first-order chi connectivity index (χ1) is 15.3. The highest BCUT2D eigenvalue weighted by Crippen LogP contribution is 2.34. The van der Waals surface area contributed by atoms with Crippen molar-refractivity contribution in [3.05, 3.63) is 59.5 Å². The van der Waals surface area contributed by atoms with Gasteiger partial charge in [-0.05, 0) is 62.6 Å². The Morgan fingerprint density at radius 2 is 2.06 bits per heavy atom. The van der Waals surface area contributed by atoms with E-state index in [9.17, 15) is 13.9 Å². The predicted molar refractivity (Wildman–Crippen MR) is 116 cm³/mol. The third-order valence-electron chi connectivity index (χ3n) is 5.52. The van der Waals surface area contributed by atoms with Gasteiger partial charge in [-0.1, -0.05) is 0 Å². The fraction of sp³-hybridized carbons (Fsp3) is 0.435. The van der Waals surface area contributed by atoms with Crippen molar-refractivity contribution in [3.63, 3.8) is 0 Å². The number of alkyl halides is 2. The molecule has 0 spiro atoms. The Balaban J connectivity index is 1.56. The van der Waals surface area contributed by atoms with Crippen LogP contribution in [0.25, 0.3) is 5.82 Å². The van der Waals surface area contributed by atoms with E-state index in [2.05, 4.69) is 20.4 Å². The summed E-state index contributed by atoms with van der Waals surface area (Å²) in [5.41, 5.74) is 2.27. The maximum absolute atomic E-state index is 13.5. The molecule has 9 heteroatoms. The first-order valence-electron chi connectivity index (χ1n) is 10.7. The lowest BCUT2D eigenvalue weighted by molar-refractivity contribution is -0.0361. The van der Waals surface area contributed by atoms with Gasteiger partial charge in [0.25, 0.3) is 0 Å². The van der Waals surface area contributed by atoms with Crippen LogP contribution in [-0.4, -0.2) is 36.8 Å². The number of nitrogens with zero attached hydrogens (tertiary/aromatic N) is 4. The van der Waals surface area contributed by atoms with Gasteiger partial charge in [0, 0.05) is 36.8 Å². The number of rotatable bonds is 7. The second-order valence-electron chi connectivity index (χ2n) is 8.26. The zero-order chi connectivity index (χ0) is 22.7. The number of pyridine rings is 2. The molecule has 0 bridgehead atoms. The quantitative estimate of drug-likeness (QED) is 0.556. The molecule has 0 aliphatic heterocycles. The Kier molecular flexibility index (Phi) is 6.36. The van der Waals surface area contributed by atoms with Crippen molar-refractivity contribution in [2.75, 3.05) is 5.32 Å². The normalized spacial score (nSPS) is 17.2. The van der Waals surface area contributed by atoms with Gasteiger partial charge in [-0.3, -0.25) is 0 Å². The van der Waals surface area contributed by atoms with Crippen LogP contribution < -0.4 is 10.1 Å². The van der Waals surface area contributed by atoms with Crippen LogP contribution in [0.4, 0.5) is 14.6 Å². The van der Waals surface area contributed by atoms with Crippen molar-refractivity contribution in [2.24, 2.45) is 0 Å². The molecule has 7 nitrogen and oxygen atoms in total. The largest absolute Gasteiger partial charge is 0.473 e. The molecule has 1 atom stereocenters. The summed E-state index contributed by atoms with van der Waals surface area (Å²) in [5.74, 6) is -1.04. The third kappa shape index (κ3) is 5.40. The van der Waals surface area contributed by atoms with E-state index in [4.69, 9.17) is 4.74 Å². The predicted octanol–water partition coefficient (Wildman–Crippen LogP) is 4.59. The maximum atomic E-state index is 13.5. The van der Waals surface area contributed by atoms with Crippen LogP contribution in [0.15, 0.2) is 42.7 Å². The number of nitrogens with one attached hydrogen (secondary N) is 1. The maximum Gasteiger partial charge on any atom is 0.248 e. The van der Waals surface area contributed by atoms with E-state index in [1.54, 1.807) is 29.9 Å². The van der Waals surface area contributed by atoms with Crippen LogP contribution in [-0.2, 0) is 6.61 Å². The highest BCUT2D eigenvalue weighted by Gasteiger charge is 2.35. The summed E-state index contributed by atoms with van der Waals surface area (Å²) in [4.78, 5) is 8.87. The summed E-state index contributed by atoms with van der Waals surface area (Å²) in [6.07, 6.45) is 3.24. The van der Waals surface area contributed by atoms with Gasteiger partial charge in [0.1, 0.15) is 12.4 Å². The Labute approximate surface area is 185 Å². The minimum atomic E-state index is -2.58. The van der Waals surface area contributed by atoms with Gasteiger partial charge < -0.3 is 15.2 Å². The number of halogens is 2. The minimum absolute atomic E-state index is 0.0665. The molecule has 3 heterocycles. The monoisotopic (exact) mass is 443 g/mol. The molecule has 2 N–H and O–H groups in total. The average Bonchev–Trinajstić information content (AvgIpc) is 3.20. The lowest BCUT2D eigenvalue weighted by Crippen LogP contribution is -2.32. The first-order valence-corrected chi connectivity index (χ1v) is 10.7. The van der Waals surface area contributed by atoms with E-state index >= 15 is 0 Å². The van der Waals surface area contributed by atoms with Gasteiger partial charge in [0.05, 0.1) is 11.8 Å². The third-order valence-corrected chi connectivity index (χ3v) is 5.52. The topological polar surface area (TPSA) is 85.1 Å². The molecule has 0 radical (unpaired) electrons. The molecule has 4 rings (SSSR count). The summed E-state index contributed by atoms with van der Waals surface area (Å²) in [6, 6.07) is 9.03. The number of aliphatic hydroxyl groups excluding tert-OH is 1. The van der Waals surface area contributed by atoms with Gasteiger partial charge in [0.2, 0.25) is 11.8 Å². The summed E-state index contributed by atoms with van der Waals surface area (Å²) >= 11 is 0. The summed E-state index contributed by atoms with van der Waals surface area (Å²) in [6.45, 7) is 3.75. The lowest BCUT2D eigenvalue weighted by atomic mass is 9.92. The lowest BCUT2D eigenvalue weighted by Gasteiger charge is -2.29. The molecule has 32 heavy (non-hydrogen) atoms. The summed E-state index contributed by atoms with van der Waals surface area (Å²) < 4.78 is 34.6. The number of anilines is 1. The van der Waals surface area contributed by atoms with Crippen molar-refractivity contribution >= 4 is 5.82 Å². The fourth-order valence-corrected chi connectivity index (χ4v) is 3.78. The minimum Gasteiger partial charge on any atom is -0.473 e. The number of aromatic nitrogens is 4. The van der Waals surface area contributed by atoms with Crippen molar-refractivity contribution in [3.8, 4) is 11.7 Å². The SMILES string of the molecule is Cc1ccn(-c2cc(COc3ncccc3C(C)O)cc(NC3CCC(F)(F)CC3)n2)n1. The second-order valence-corrected chi connectivity index (χ2v) is 8.26. The Hall–Kier alpha value is -3.07. The van der Waals surface area contributed by atoms with E-state index in [0.29, 0.717) is 35.9 Å². The molecule has 0 aromatic carbocycles. The van der Waals surface area contributed by atoms with Crippen LogP contribution in [0.3, 0.4) is 0 Å². The molecule has 1 aliphatic rings. The van der Waals surface area contributed by atoms with Crippen LogP contribution >= 0.6 is 0 Å². The first kappa shape index (κ1) is 22.1. The van der Waals surface area contributed by atoms with Gasteiger partial charge >= 0.3 is 0 Å². The van der Waals surface area contributed by atoms with E-state index in [1.165, 1.54) is 0 Å². The van der Waals surface area contributed by atoms with Crippen LogP contribution in [0.5, 0.6) is 5.88 Å². The molecule has 170 valence electrons. The van der Waals surface area contributed by atoms with E-state index in [-0.39, 0.29) is 25.5 Å². The molecule has 1 saturated carbocycles. The Bertz CT molecular complexity index is 1060. The van der Waals surface area contributed by atoms with E-state index in [0.717, 1.165) is 11.3 Å². The molecule has 1 fully saturated rings. The molecule has 0 saturated heterocycles.